The minimum Gasteiger partial charge on any atom is -0.484 e. The molecule has 0 saturated heterocycles. The van der Waals surface area contributed by atoms with Crippen molar-refractivity contribution in [1.29, 1.82) is 0 Å². The number of nitrogens with one attached hydrogen (secondary N) is 1. The first-order valence-corrected chi connectivity index (χ1v) is 7.80. The van der Waals surface area contributed by atoms with Crippen LogP contribution in [-0.2, 0) is 0 Å². The number of fused-ring (bicyclic) bond motifs is 1. The highest BCUT2D eigenvalue weighted by Crippen LogP contribution is 2.43. The lowest BCUT2D eigenvalue weighted by molar-refractivity contribution is 0.154. The van der Waals surface area contributed by atoms with Crippen LogP contribution in [0.25, 0.3) is 0 Å². The number of hydrogen-bond donors (Lipinski definition) is 1. The molecule has 0 bridgehead atoms. The minimum atomic E-state index is -0.207. The molecule has 3 rings (SSSR count). The molecule has 1 aliphatic rings. The Morgan fingerprint density at radius 2 is 2.25 bits per heavy atom. The quantitative estimate of drug-likeness (QED) is 0.906. The molecule has 4 heteroatoms. The van der Waals surface area contributed by atoms with Gasteiger partial charge in [-0.05, 0) is 48.7 Å². The van der Waals surface area contributed by atoms with Crippen LogP contribution >= 0.6 is 11.3 Å². The van der Waals surface area contributed by atoms with Crippen molar-refractivity contribution in [2.45, 2.75) is 32.4 Å². The first-order valence-electron chi connectivity index (χ1n) is 6.92. The normalized spacial score (nSPS) is 21.4. The van der Waals surface area contributed by atoms with Gasteiger partial charge >= 0.3 is 0 Å². The minimum absolute atomic E-state index is 0.0528. The second-order valence-electron chi connectivity index (χ2n) is 5.10. The largest absolute Gasteiger partial charge is 0.484 e. The second kappa shape index (κ2) is 5.54. The fourth-order valence-electron chi connectivity index (χ4n) is 2.76. The summed E-state index contributed by atoms with van der Waals surface area (Å²) >= 11 is 1.73. The van der Waals surface area contributed by atoms with Gasteiger partial charge in [0.05, 0.1) is 0 Å². The lowest BCUT2D eigenvalue weighted by Gasteiger charge is -2.32. The third-order valence-electron chi connectivity index (χ3n) is 3.71. The SMILES string of the molecule is CCNC1CC(c2sccc2C)Oc2ccc(F)cc21. The average molecular weight is 291 g/mol. The molecule has 0 fully saturated rings. The summed E-state index contributed by atoms with van der Waals surface area (Å²) in [6, 6.07) is 7.05. The Balaban J connectivity index is 1.96. The van der Waals surface area contributed by atoms with E-state index in [-0.39, 0.29) is 18.0 Å². The van der Waals surface area contributed by atoms with Gasteiger partial charge < -0.3 is 10.1 Å². The summed E-state index contributed by atoms with van der Waals surface area (Å²) in [5.41, 5.74) is 2.19. The van der Waals surface area contributed by atoms with Gasteiger partial charge in [0.2, 0.25) is 0 Å². The number of aryl methyl sites for hydroxylation is 1. The number of benzene rings is 1. The predicted molar refractivity (Wildman–Crippen MR) is 79.9 cm³/mol. The van der Waals surface area contributed by atoms with Crippen LogP contribution in [0, 0.1) is 12.7 Å². The van der Waals surface area contributed by atoms with E-state index in [0.29, 0.717) is 0 Å². The summed E-state index contributed by atoms with van der Waals surface area (Å²) in [6.45, 7) is 5.04. The summed E-state index contributed by atoms with van der Waals surface area (Å²) in [5.74, 6) is 0.586. The van der Waals surface area contributed by atoms with Crippen LogP contribution in [0.15, 0.2) is 29.6 Å². The van der Waals surface area contributed by atoms with Crippen LogP contribution in [0.1, 0.15) is 41.5 Å². The predicted octanol–water partition coefficient (Wildman–Crippen LogP) is 4.37. The molecule has 2 heterocycles. The molecular weight excluding hydrogens is 273 g/mol. The molecule has 1 aromatic heterocycles. The van der Waals surface area contributed by atoms with Crippen molar-refractivity contribution >= 4 is 11.3 Å². The van der Waals surface area contributed by atoms with Crippen LogP contribution in [0.2, 0.25) is 0 Å². The van der Waals surface area contributed by atoms with E-state index in [2.05, 4.69) is 30.6 Å². The Morgan fingerprint density at radius 1 is 1.40 bits per heavy atom. The van der Waals surface area contributed by atoms with E-state index >= 15 is 0 Å². The second-order valence-corrected chi connectivity index (χ2v) is 6.05. The van der Waals surface area contributed by atoms with Gasteiger partial charge in [0.15, 0.2) is 0 Å². The van der Waals surface area contributed by atoms with Crippen molar-refractivity contribution in [3.05, 3.63) is 51.5 Å². The zero-order valence-corrected chi connectivity index (χ0v) is 12.5. The molecule has 1 aromatic carbocycles. The van der Waals surface area contributed by atoms with Crippen LogP contribution in [0.5, 0.6) is 5.75 Å². The summed E-state index contributed by atoms with van der Waals surface area (Å²) in [4.78, 5) is 1.27. The highest BCUT2D eigenvalue weighted by molar-refractivity contribution is 7.10. The summed E-state index contributed by atoms with van der Waals surface area (Å²) in [6.07, 6.45) is 0.892. The summed E-state index contributed by atoms with van der Waals surface area (Å²) in [5, 5.41) is 5.53. The van der Waals surface area contributed by atoms with Gasteiger partial charge in [-0.3, -0.25) is 0 Å². The Labute approximate surface area is 122 Å². The molecule has 2 unspecified atom stereocenters. The maximum absolute atomic E-state index is 13.5. The highest BCUT2D eigenvalue weighted by atomic mass is 32.1. The maximum Gasteiger partial charge on any atom is 0.135 e. The lowest BCUT2D eigenvalue weighted by atomic mass is 9.95. The van der Waals surface area contributed by atoms with Crippen molar-refractivity contribution in [2.24, 2.45) is 0 Å². The molecule has 1 aliphatic heterocycles. The van der Waals surface area contributed by atoms with Crippen LogP contribution in [0.3, 0.4) is 0 Å². The zero-order valence-electron chi connectivity index (χ0n) is 11.7. The van der Waals surface area contributed by atoms with E-state index in [0.717, 1.165) is 24.3 Å². The molecule has 0 amide bonds. The Morgan fingerprint density at radius 3 is 2.95 bits per heavy atom. The first kappa shape index (κ1) is 13.6. The molecule has 2 nitrogen and oxygen atoms in total. The van der Waals surface area contributed by atoms with Gasteiger partial charge in [0.25, 0.3) is 0 Å². The molecule has 2 aromatic rings. The molecule has 1 N–H and O–H groups in total. The number of halogens is 1. The fourth-order valence-corrected chi connectivity index (χ4v) is 3.72. The van der Waals surface area contributed by atoms with E-state index in [1.807, 2.05) is 0 Å². The van der Waals surface area contributed by atoms with Gasteiger partial charge in [-0.15, -0.1) is 11.3 Å². The molecule has 106 valence electrons. The number of thiophene rings is 1. The van der Waals surface area contributed by atoms with E-state index < -0.39 is 0 Å². The average Bonchev–Trinajstić information content (AvgIpc) is 2.85. The lowest BCUT2D eigenvalue weighted by Crippen LogP contribution is -2.29. The summed E-state index contributed by atoms with van der Waals surface area (Å²) < 4.78 is 19.6. The van der Waals surface area contributed by atoms with E-state index in [9.17, 15) is 4.39 Å². The number of hydrogen-bond acceptors (Lipinski definition) is 3. The maximum atomic E-state index is 13.5. The van der Waals surface area contributed by atoms with Crippen LogP contribution < -0.4 is 10.1 Å². The van der Waals surface area contributed by atoms with Gasteiger partial charge in [0, 0.05) is 22.9 Å². The van der Waals surface area contributed by atoms with E-state index in [1.54, 1.807) is 23.5 Å². The molecule has 0 saturated carbocycles. The standard InChI is InChI=1S/C16H18FNOS/c1-3-18-13-9-15(16-10(2)6-7-20-16)19-14-5-4-11(17)8-12(13)14/h4-8,13,15,18H,3,9H2,1-2H3. The third-order valence-corrected chi connectivity index (χ3v) is 4.82. The molecule has 20 heavy (non-hydrogen) atoms. The molecule has 0 radical (unpaired) electrons. The number of rotatable bonds is 3. The van der Waals surface area contributed by atoms with Crippen molar-refractivity contribution in [3.8, 4) is 5.75 Å². The summed E-state index contributed by atoms with van der Waals surface area (Å²) in [7, 11) is 0. The third kappa shape index (κ3) is 2.45. The Bertz CT molecular complexity index is 610. The van der Waals surface area contributed by atoms with Gasteiger partial charge in [-0.25, -0.2) is 4.39 Å². The van der Waals surface area contributed by atoms with Gasteiger partial charge in [0.1, 0.15) is 17.7 Å². The van der Waals surface area contributed by atoms with E-state index in [1.165, 1.54) is 16.5 Å². The highest BCUT2D eigenvalue weighted by Gasteiger charge is 2.30. The van der Waals surface area contributed by atoms with Gasteiger partial charge in [-0.1, -0.05) is 6.92 Å². The zero-order chi connectivity index (χ0) is 14.1. The molecular formula is C16H18FNOS. The van der Waals surface area contributed by atoms with E-state index in [4.69, 9.17) is 4.74 Å². The van der Waals surface area contributed by atoms with Crippen LogP contribution in [0.4, 0.5) is 4.39 Å². The molecule has 2 atom stereocenters. The monoisotopic (exact) mass is 291 g/mol. The fraction of sp³-hybridized carbons (Fsp3) is 0.375. The van der Waals surface area contributed by atoms with Crippen molar-refractivity contribution in [2.75, 3.05) is 6.54 Å². The number of ether oxygens (including phenoxy) is 1. The van der Waals surface area contributed by atoms with Crippen molar-refractivity contribution in [3.63, 3.8) is 0 Å². The molecule has 0 spiro atoms. The van der Waals surface area contributed by atoms with Crippen molar-refractivity contribution in [1.82, 2.24) is 5.32 Å². The first-order chi connectivity index (χ1) is 9.69. The van der Waals surface area contributed by atoms with Gasteiger partial charge in [-0.2, -0.15) is 0 Å². The topological polar surface area (TPSA) is 21.3 Å². The smallest absolute Gasteiger partial charge is 0.135 e. The Hall–Kier alpha value is -1.39. The Kier molecular flexibility index (Phi) is 3.76. The van der Waals surface area contributed by atoms with Crippen molar-refractivity contribution < 1.29 is 9.13 Å². The van der Waals surface area contributed by atoms with Crippen LogP contribution in [-0.4, -0.2) is 6.54 Å². The molecule has 0 aliphatic carbocycles.